The van der Waals surface area contributed by atoms with Crippen LogP contribution in [0.2, 0.25) is 0 Å². The summed E-state index contributed by atoms with van der Waals surface area (Å²) < 4.78 is 6.74. The lowest BCUT2D eigenvalue weighted by molar-refractivity contribution is 0.436. The highest BCUT2D eigenvalue weighted by Gasteiger charge is 2.18. The van der Waals surface area contributed by atoms with Crippen molar-refractivity contribution in [3.05, 3.63) is 53.1 Å². The SMILES string of the molecule is Cn1ccc(-c2onc(N)c2-c2ccccn2)cc1=O. The van der Waals surface area contributed by atoms with Crippen LogP contribution in [-0.2, 0) is 7.05 Å². The van der Waals surface area contributed by atoms with E-state index in [0.29, 0.717) is 22.6 Å². The topological polar surface area (TPSA) is 86.9 Å². The molecule has 0 spiro atoms. The first-order valence-corrected chi connectivity index (χ1v) is 6.00. The van der Waals surface area contributed by atoms with E-state index in [4.69, 9.17) is 10.3 Å². The first kappa shape index (κ1) is 12.2. The van der Waals surface area contributed by atoms with E-state index in [1.807, 2.05) is 18.2 Å². The second-order valence-corrected chi connectivity index (χ2v) is 4.35. The smallest absolute Gasteiger partial charge is 0.250 e. The number of nitrogens with zero attached hydrogens (tertiary/aromatic N) is 3. The minimum absolute atomic E-state index is 0.135. The van der Waals surface area contributed by atoms with Crippen LogP contribution in [0.25, 0.3) is 22.6 Å². The van der Waals surface area contributed by atoms with Gasteiger partial charge in [0.1, 0.15) is 0 Å². The van der Waals surface area contributed by atoms with Crippen molar-refractivity contribution < 1.29 is 4.52 Å². The normalized spacial score (nSPS) is 10.7. The molecule has 0 aromatic carbocycles. The van der Waals surface area contributed by atoms with Gasteiger partial charge < -0.3 is 14.8 Å². The molecule has 0 unspecified atom stereocenters. The van der Waals surface area contributed by atoms with Crippen LogP contribution in [0.1, 0.15) is 0 Å². The van der Waals surface area contributed by atoms with Crippen LogP contribution in [0.3, 0.4) is 0 Å². The minimum atomic E-state index is -0.135. The van der Waals surface area contributed by atoms with E-state index in [1.54, 1.807) is 25.5 Å². The Hall–Kier alpha value is -2.89. The Morgan fingerprint density at radius 3 is 2.85 bits per heavy atom. The Labute approximate surface area is 114 Å². The molecular weight excluding hydrogens is 256 g/mol. The van der Waals surface area contributed by atoms with E-state index in [9.17, 15) is 4.79 Å². The fourth-order valence-corrected chi connectivity index (χ4v) is 1.95. The average Bonchev–Trinajstić information content (AvgIpc) is 2.85. The largest absolute Gasteiger partial charge is 0.380 e. The maximum atomic E-state index is 11.7. The third-order valence-corrected chi connectivity index (χ3v) is 3.01. The van der Waals surface area contributed by atoms with Gasteiger partial charge in [0.05, 0.1) is 11.3 Å². The number of pyridine rings is 2. The van der Waals surface area contributed by atoms with Crippen molar-refractivity contribution in [2.75, 3.05) is 5.73 Å². The number of hydrogen-bond acceptors (Lipinski definition) is 5. The zero-order valence-corrected chi connectivity index (χ0v) is 10.8. The van der Waals surface area contributed by atoms with Crippen molar-refractivity contribution in [1.29, 1.82) is 0 Å². The van der Waals surface area contributed by atoms with Gasteiger partial charge in [0.15, 0.2) is 11.6 Å². The van der Waals surface area contributed by atoms with Crippen LogP contribution < -0.4 is 11.3 Å². The fraction of sp³-hybridized carbons (Fsp3) is 0.0714. The van der Waals surface area contributed by atoms with Crippen molar-refractivity contribution in [2.24, 2.45) is 7.05 Å². The first-order chi connectivity index (χ1) is 9.66. The Morgan fingerprint density at radius 1 is 1.30 bits per heavy atom. The second kappa shape index (κ2) is 4.65. The van der Waals surface area contributed by atoms with Crippen LogP contribution >= 0.6 is 0 Å². The molecule has 6 nitrogen and oxygen atoms in total. The number of aromatic nitrogens is 3. The maximum Gasteiger partial charge on any atom is 0.250 e. The molecule has 0 saturated heterocycles. The molecule has 0 fully saturated rings. The lowest BCUT2D eigenvalue weighted by Crippen LogP contribution is -2.14. The van der Waals surface area contributed by atoms with Gasteiger partial charge in [-0.3, -0.25) is 9.78 Å². The van der Waals surface area contributed by atoms with Gasteiger partial charge in [-0.2, -0.15) is 0 Å². The summed E-state index contributed by atoms with van der Waals surface area (Å²) in [5.41, 5.74) is 7.59. The Kier molecular flexibility index (Phi) is 2.83. The van der Waals surface area contributed by atoms with Crippen LogP contribution in [0, 0.1) is 0 Å². The molecule has 0 aliphatic rings. The number of nitrogen functional groups attached to an aromatic ring is 1. The molecule has 0 bridgehead atoms. The van der Waals surface area contributed by atoms with Crippen molar-refractivity contribution in [3.63, 3.8) is 0 Å². The Bertz CT molecular complexity index is 806. The first-order valence-electron chi connectivity index (χ1n) is 6.00. The van der Waals surface area contributed by atoms with Gasteiger partial charge in [-0.15, -0.1) is 0 Å². The van der Waals surface area contributed by atoms with Gasteiger partial charge in [-0.25, -0.2) is 0 Å². The fourth-order valence-electron chi connectivity index (χ4n) is 1.95. The number of hydrogen-bond donors (Lipinski definition) is 1. The van der Waals surface area contributed by atoms with E-state index >= 15 is 0 Å². The van der Waals surface area contributed by atoms with Crippen LogP contribution in [0.5, 0.6) is 0 Å². The molecule has 0 saturated carbocycles. The highest BCUT2D eigenvalue weighted by Crippen LogP contribution is 2.34. The lowest BCUT2D eigenvalue weighted by atomic mass is 10.1. The van der Waals surface area contributed by atoms with Crippen LogP contribution in [-0.4, -0.2) is 14.7 Å². The molecule has 0 aliphatic heterocycles. The Balaban J connectivity index is 2.21. The summed E-state index contributed by atoms with van der Waals surface area (Å²) in [5.74, 6) is 0.693. The molecule has 0 amide bonds. The molecule has 3 aromatic heterocycles. The lowest BCUT2D eigenvalue weighted by Gasteiger charge is -2.02. The summed E-state index contributed by atoms with van der Waals surface area (Å²) in [4.78, 5) is 16.0. The summed E-state index contributed by atoms with van der Waals surface area (Å²) >= 11 is 0. The van der Waals surface area contributed by atoms with Crippen molar-refractivity contribution in [1.82, 2.24) is 14.7 Å². The van der Waals surface area contributed by atoms with E-state index < -0.39 is 0 Å². The zero-order chi connectivity index (χ0) is 14.1. The summed E-state index contributed by atoms with van der Waals surface area (Å²) in [7, 11) is 1.68. The van der Waals surface area contributed by atoms with Gasteiger partial charge in [0.2, 0.25) is 0 Å². The van der Waals surface area contributed by atoms with Gasteiger partial charge >= 0.3 is 0 Å². The molecule has 100 valence electrons. The van der Waals surface area contributed by atoms with Crippen LogP contribution in [0.4, 0.5) is 5.82 Å². The minimum Gasteiger partial charge on any atom is -0.380 e. The molecule has 3 rings (SSSR count). The van der Waals surface area contributed by atoms with E-state index in [0.717, 1.165) is 0 Å². The molecule has 0 radical (unpaired) electrons. The predicted molar refractivity (Wildman–Crippen MR) is 74.8 cm³/mol. The van der Waals surface area contributed by atoms with Gasteiger partial charge in [0, 0.05) is 31.1 Å². The zero-order valence-electron chi connectivity index (χ0n) is 10.8. The van der Waals surface area contributed by atoms with E-state index in [1.165, 1.54) is 10.6 Å². The van der Waals surface area contributed by atoms with Gasteiger partial charge in [-0.1, -0.05) is 11.2 Å². The molecule has 2 N–H and O–H groups in total. The second-order valence-electron chi connectivity index (χ2n) is 4.35. The Morgan fingerprint density at radius 2 is 2.15 bits per heavy atom. The number of anilines is 1. The van der Waals surface area contributed by atoms with Crippen molar-refractivity contribution in [3.8, 4) is 22.6 Å². The number of aryl methyl sites for hydroxylation is 1. The van der Waals surface area contributed by atoms with Gasteiger partial charge in [0.25, 0.3) is 5.56 Å². The van der Waals surface area contributed by atoms with E-state index in [-0.39, 0.29) is 11.4 Å². The summed E-state index contributed by atoms with van der Waals surface area (Å²) in [6.07, 6.45) is 3.33. The molecule has 0 aliphatic carbocycles. The van der Waals surface area contributed by atoms with Crippen molar-refractivity contribution >= 4 is 5.82 Å². The summed E-state index contributed by atoms with van der Waals surface area (Å²) in [6.45, 7) is 0. The molecule has 3 aromatic rings. The maximum absolute atomic E-state index is 11.7. The molecule has 20 heavy (non-hydrogen) atoms. The van der Waals surface area contributed by atoms with Gasteiger partial charge in [-0.05, 0) is 18.2 Å². The average molecular weight is 268 g/mol. The molecule has 3 heterocycles. The number of nitrogens with two attached hydrogens (primary N) is 1. The van der Waals surface area contributed by atoms with Crippen LogP contribution in [0.15, 0.2) is 52.0 Å². The van der Waals surface area contributed by atoms with E-state index in [2.05, 4.69) is 10.1 Å². The molecular formula is C14H12N4O2. The predicted octanol–water partition coefficient (Wildman–Crippen LogP) is 1.68. The monoisotopic (exact) mass is 268 g/mol. The summed E-state index contributed by atoms with van der Waals surface area (Å²) in [5, 5.41) is 3.78. The standard InChI is InChI=1S/C14H12N4O2/c1-18-7-5-9(8-11(18)19)13-12(14(15)17-20-13)10-4-2-3-6-16-10/h2-8H,1H3,(H2,15,17). The molecule has 0 atom stereocenters. The summed E-state index contributed by atoms with van der Waals surface area (Å²) in [6, 6.07) is 8.72. The third kappa shape index (κ3) is 1.97. The molecule has 6 heteroatoms. The highest BCUT2D eigenvalue weighted by atomic mass is 16.5. The number of rotatable bonds is 2. The van der Waals surface area contributed by atoms with Crippen molar-refractivity contribution in [2.45, 2.75) is 0 Å². The quantitative estimate of drug-likeness (QED) is 0.764. The highest BCUT2D eigenvalue weighted by molar-refractivity contribution is 5.84. The third-order valence-electron chi connectivity index (χ3n) is 3.01.